The van der Waals surface area contributed by atoms with E-state index in [0.717, 1.165) is 47.3 Å². The fourth-order valence-electron chi connectivity index (χ4n) is 4.52. The van der Waals surface area contributed by atoms with E-state index in [1.165, 1.54) is 15.9 Å². The molecule has 0 radical (unpaired) electrons. The summed E-state index contributed by atoms with van der Waals surface area (Å²) >= 11 is 13.8. The zero-order valence-corrected chi connectivity index (χ0v) is 20.8. The van der Waals surface area contributed by atoms with Crippen molar-refractivity contribution in [2.75, 3.05) is 31.1 Å². The molecule has 1 saturated heterocycles. The summed E-state index contributed by atoms with van der Waals surface area (Å²) in [6, 6.07) is 19.2. The van der Waals surface area contributed by atoms with E-state index in [0.29, 0.717) is 21.6 Å². The van der Waals surface area contributed by atoms with Gasteiger partial charge in [-0.3, -0.25) is 4.90 Å². The van der Waals surface area contributed by atoms with Crippen molar-refractivity contribution in [3.8, 4) is 17.5 Å². The van der Waals surface area contributed by atoms with Gasteiger partial charge in [0, 0.05) is 41.9 Å². The van der Waals surface area contributed by atoms with Gasteiger partial charge in [-0.05, 0) is 48.0 Å². The van der Waals surface area contributed by atoms with Gasteiger partial charge in [0.05, 0.1) is 17.2 Å². The number of halogens is 2. The van der Waals surface area contributed by atoms with E-state index in [9.17, 15) is 5.11 Å². The van der Waals surface area contributed by atoms with E-state index in [2.05, 4.69) is 25.9 Å². The van der Waals surface area contributed by atoms with E-state index in [-0.39, 0.29) is 11.9 Å². The quantitative estimate of drug-likeness (QED) is 0.304. The molecule has 178 valence electrons. The number of fused-ring (bicyclic) bond motifs is 1. The number of furan rings is 1. The van der Waals surface area contributed by atoms with Gasteiger partial charge >= 0.3 is 0 Å². The van der Waals surface area contributed by atoms with E-state index in [4.69, 9.17) is 27.6 Å². The molecule has 0 amide bonds. The van der Waals surface area contributed by atoms with Gasteiger partial charge in [0.15, 0.2) is 5.76 Å². The van der Waals surface area contributed by atoms with Crippen LogP contribution < -0.4 is 4.90 Å². The fourth-order valence-corrected chi connectivity index (χ4v) is 5.95. The number of rotatable bonds is 5. The third-order valence-electron chi connectivity index (χ3n) is 6.23. The predicted octanol–water partition coefficient (Wildman–Crippen LogP) is 5.97. The number of aromatic nitrogens is 3. The predicted molar refractivity (Wildman–Crippen MR) is 139 cm³/mol. The first-order valence-electron chi connectivity index (χ1n) is 11.2. The highest BCUT2D eigenvalue weighted by atomic mass is 35.5. The van der Waals surface area contributed by atoms with Gasteiger partial charge in [0.2, 0.25) is 16.7 Å². The largest absolute Gasteiger partial charge is 0.492 e. The first-order valence-corrected chi connectivity index (χ1v) is 12.8. The second-order valence-corrected chi connectivity index (χ2v) is 10.2. The first-order chi connectivity index (χ1) is 17.1. The molecule has 0 aliphatic carbocycles. The van der Waals surface area contributed by atoms with Crippen molar-refractivity contribution < 1.29 is 9.52 Å². The summed E-state index contributed by atoms with van der Waals surface area (Å²) in [5.74, 6) is 1.10. The van der Waals surface area contributed by atoms with E-state index in [1.54, 1.807) is 18.4 Å². The smallest absolute Gasteiger partial charge is 0.230 e. The highest BCUT2D eigenvalue weighted by Crippen LogP contribution is 2.41. The number of benzene rings is 2. The van der Waals surface area contributed by atoms with Gasteiger partial charge in [0.25, 0.3) is 0 Å². The zero-order valence-electron chi connectivity index (χ0n) is 18.5. The molecule has 0 bridgehead atoms. The maximum absolute atomic E-state index is 11.2. The minimum absolute atomic E-state index is 0.0903. The molecule has 5 aromatic rings. The summed E-state index contributed by atoms with van der Waals surface area (Å²) in [6.07, 6.45) is 1.58. The molecule has 10 heteroatoms. The summed E-state index contributed by atoms with van der Waals surface area (Å²) < 4.78 is 6.91. The fraction of sp³-hybridized carbons (Fsp3) is 0.200. The normalized spacial score (nSPS) is 15.7. The van der Waals surface area contributed by atoms with E-state index >= 15 is 0 Å². The van der Waals surface area contributed by atoms with Crippen molar-refractivity contribution in [2.24, 2.45) is 0 Å². The number of anilines is 1. The highest BCUT2D eigenvalue weighted by molar-refractivity contribution is 7.17. The molecule has 3 aromatic heterocycles. The van der Waals surface area contributed by atoms with Crippen LogP contribution in [0.1, 0.15) is 16.5 Å². The topological polar surface area (TPSA) is 70.0 Å². The maximum Gasteiger partial charge on any atom is 0.230 e. The van der Waals surface area contributed by atoms with Crippen LogP contribution in [0.25, 0.3) is 16.5 Å². The van der Waals surface area contributed by atoms with Crippen molar-refractivity contribution in [1.29, 1.82) is 0 Å². The van der Waals surface area contributed by atoms with Crippen LogP contribution in [0, 0.1) is 0 Å². The van der Waals surface area contributed by atoms with Crippen molar-refractivity contribution in [3.05, 3.63) is 87.4 Å². The molecular formula is C25H21Cl2N5O2S. The van der Waals surface area contributed by atoms with Gasteiger partial charge in [0.1, 0.15) is 0 Å². The molecule has 1 atom stereocenters. The Morgan fingerprint density at radius 3 is 2.43 bits per heavy atom. The Balaban J connectivity index is 1.33. The van der Waals surface area contributed by atoms with Crippen LogP contribution in [0.5, 0.6) is 5.88 Å². The SMILES string of the molecule is Oc1c(C(c2ccc(Cl)cc2)N2CCN(c3cccc(Cl)c3)CC2)sc2nc(-c3ccco3)nn12. The Hall–Kier alpha value is -3.04. The molecule has 1 fully saturated rings. The minimum atomic E-state index is -0.158. The Morgan fingerprint density at radius 1 is 0.943 bits per heavy atom. The van der Waals surface area contributed by atoms with Gasteiger partial charge in [-0.25, -0.2) is 0 Å². The summed E-state index contributed by atoms with van der Waals surface area (Å²) in [4.78, 5) is 10.7. The molecule has 1 N–H and O–H groups in total. The lowest BCUT2D eigenvalue weighted by Crippen LogP contribution is -2.47. The molecule has 35 heavy (non-hydrogen) atoms. The highest BCUT2D eigenvalue weighted by Gasteiger charge is 2.32. The summed E-state index contributed by atoms with van der Waals surface area (Å²) in [5.41, 5.74) is 2.17. The first kappa shape index (κ1) is 22.4. The van der Waals surface area contributed by atoms with Gasteiger partial charge in [-0.2, -0.15) is 9.50 Å². The van der Waals surface area contributed by atoms with Crippen molar-refractivity contribution in [3.63, 3.8) is 0 Å². The van der Waals surface area contributed by atoms with Crippen LogP contribution in [0.4, 0.5) is 5.69 Å². The second-order valence-electron chi connectivity index (χ2n) is 8.35. The Bertz CT molecular complexity index is 1460. The zero-order chi connectivity index (χ0) is 23.9. The van der Waals surface area contributed by atoms with Crippen molar-refractivity contribution >= 4 is 45.2 Å². The molecule has 7 nitrogen and oxygen atoms in total. The number of nitrogens with zero attached hydrogens (tertiary/aromatic N) is 5. The molecule has 2 aromatic carbocycles. The summed E-state index contributed by atoms with van der Waals surface area (Å²) in [6.45, 7) is 3.30. The Kier molecular flexibility index (Phi) is 5.89. The summed E-state index contributed by atoms with van der Waals surface area (Å²) in [5, 5.41) is 17.1. The lowest BCUT2D eigenvalue weighted by atomic mass is 10.0. The second kappa shape index (κ2) is 9.20. The number of piperazine rings is 1. The van der Waals surface area contributed by atoms with Crippen LogP contribution in [0.3, 0.4) is 0 Å². The molecular weight excluding hydrogens is 505 g/mol. The number of hydrogen-bond acceptors (Lipinski definition) is 7. The molecule has 6 rings (SSSR count). The van der Waals surface area contributed by atoms with E-state index in [1.807, 2.05) is 42.5 Å². The molecule has 1 aliphatic heterocycles. The number of hydrogen-bond donors (Lipinski definition) is 1. The number of thiazole rings is 1. The minimum Gasteiger partial charge on any atom is -0.492 e. The van der Waals surface area contributed by atoms with Crippen LogP contribution in [-0.2, 0) is 0 Å². The molecule has 1 aliphatic rings. The lowest BCUT2D eigenvalue weighted by molar-refractivity contribution is 0.211. The van der Waals surface area contributed by atoms with Crippen LogP contribution in [0.2, 0.25) is 10.0 Å². The summed E-state index contributed by atoms with van der Waals surface area (Å²) in [7, 11) is 0. The molecule has 1 unspecified atom stereocenters. The third kappa shape index (κ3) is 4.27. The van der Waals surface area contributed by atoms with Crippen molar-refractivity contribution in [2.45, 2.75) is 6.04 Å². The van der Waals surface area contributed by atoms with Gasteiger partial charge < -0.3 is 14.4 Å². The van der Waals surface area contributed by atoms with Crippen molar-refractivity contribution in [1.82, 2.24) is 19.5 Å². The van der Waals surface area contributed by atoms with Crippen LogP contribution in [-0.4, -0.2) is 50.8 Å². The van der Waals surface area contributed by atoms with Crippen LogP contribution >= 0.6 is 34.5 Å². The van der Waals surface area contributed by atoms with Crippen LogP contribution in [0.15, 0.2) is 71.3 Å². The lowest BCUT2D eigenvalue weighted by Gasteiger charge is -2.40. The number of aromatic hydroxyl groups is 1. The Morgan fingerprint density at radius 2 is 1.74 bits per heavy atom. The molecule has 0 spiro atoms. The Labute approximate surface area is 215 Å². The maximum atomic E-state index is 11.2. The average Bonchev–Trinajstić information content (AvgIpc) is 3.60. The third-order valence-corrected chi connectivity index (χ3v) is 7.79. The average molecular weight is 526 g/mol. The van der Waals surface area contributed by atoms with Gasteiger partial charge in [-0.1, -0.05) is 52.7 Å². The standard InChI is InChI=1S/C25H21Cl2N5O2S/c26-17-8-6-16(7-9-17)21(31-12-10-30(11-13-31)19-4-1-3-18(27)15-19)22-24(33)32-25(35-22)28-23(29-32)20-5-2-14-34-20/h1-9,14-15,21,33H,10-13H2. The monoisotopic (exact) mass is 525 g/mol. The molecule has 0 saturated carbocycles. The molecule has 4 heterocycles. The van der Waals surface area contributed by atoms with Gasteiger partial charge in [-0.15, -0.1) is 5.10 Å². The van der Waals surface area contributed by atoms with E-state index < -0.39 is 0 Å².